The predicted molar refractivity (Wildman–Crippen MR) is 31.7 cm³/mol. The fourth-order valence-electron chi connectivity index (χ4n) is 0.422. The van der Waals surface area contributed by atoms with Crippen molar-refractivity contribution < 1.29 is 17.7 Å². The van der Waals surface area contributed by atoms with Gasteiger partial charge in [-0.25, -0.2) is 0 Å². The maximum absolute atomic E-state index is 11.6. The van der Waals surface area contributed by atoms with Gasteiger partial charge in [0.2, 0.25) is 5.76 Å². The van der Waals surface area contributed by atoms with Gasteiger partial charge in [0.25, 0.3) is 0 Å². The zero-order chi connectivity index (χ0) is 7.78. The summed E-state index contributed by atoms with van der Waals surface area (Å²) >= 11 is 0. The average molecular weight is 175 g/mol. The second-order valence-corrected chi connectivity index (χ2v) is 1.61. The molecule has 0 aliphatic carbocycles. The quantitative estimate of drug-likeness (QED) is 0.596. The van der Waals surface area contributed by atoms with Crippen molar-refractivity contribution in [2.75, 3.05) is 5.73 Å². The van der Waals surface area contributed by atoms with Gasteiger partial charge < -0.3 is 10.3 Å². The van der Waals surface area contributed by atoms with Crippen LogP contribution < -0.4 is 5.73 Å². The Labute approximate surface area is 82.0 Å². The molecule has 2 N–H and O–H groups in total. The maximum atomic E-state index is 11.6. The molecule has 0 unspecified atom stereocenters. The third-order valence-corrected chi connectivity index (χ3v) is 0.808. The smallest absolute Gasteiger partial charge is 0.381 e. The average Bonchev–Trinajstić information content (AvgIpc) is 2.11. The molecule has 0 aliphatic heterocycles. The van der Waals surface area contributed by atoms with Crippen molar-refractivity contribution in [2.24, 2.45) is 0 Å². The Kier molecular flexibility index (Phi) is 3.40. The first-order valence-electron chi connectivity index (χ1n) is 2.29. The number of nitrogens with two attached hydrogens (primary N) is 1. The topological polar surface area (TPSA) is 52.0 Å². The largest absolute Gasteiger partial charge is 0.452 e. The van der Waals surface area contributed by atoms with E-state index in [1.165, 1.54) is 0 Å². The summed E-state index contributed by atoms with van der Waals surface area (Å²) in [4.78, 5) is 0. The van der Waals surface area contributed by atoms with Crippen molar-refractivity contribution in [1.29, 1.82) is 0 Å². The zero-order valence-electron chi connectivity index (χ0n) is 5.64. The molecule has 57 valence electrons. The minimum atomic E-state index is -4.50. The first kappa shape index (κ1) is 10.8. The molecule has 1 radical (unpaired) electrons. The van der Waals surface area contributed by atoms with Crippen LogP contribution in [-0.2, 0) is 6.18 Å². The van der Waals surface area contributed by atoms with Crippen molar-refractivity contribution in [2.45, 2.75) is 6.18 Å². The van der Waals surface area contributed by atoms with Gasteiger partial charge in [-0.1, -0.05) is 5.16 Å². The Balaban J connectivity index is 0.000001000. The van der Waals surface area contributed by atoms with Crippen LogP contribution in [0.15, 0.2) is 10.6 Å². The maximum Gasteiger partial charge on any atom is 0.452 e. The number of halogens is 3. The number of hydrogen-bond acceptors (Lipinski definition) is 3. The molecule has 0 amide bonds. The number of aromatic nitrogens is 1. The number of rotatable bonds is 0. The molecule has 0 spiro atoms. The van der Waals surface area contributed by atoms with Gasteiger partial charge in [-0.15, -0.1) is 0 Å². The van der Waals surface area contributed by atoms with E-state index in [4.69, 9.17) is 5.73 Å². The molecule has 0 aliphatic rings. The first-order valence-corrected chi connectivity index (χ1v) is 2.29. The molecule has 0 fully saturated rings. The molecule has 1 rings (SSSR count). The van der Waals surface area contributed by atoms with E-state index >= 15 is 0 Å². The van der Waals surface area contributed by atoms with Gasteiger partial charge in [-0.3, -0.25) is 0 Å². The van der Waals surface area contributed by atoms with Gasteiger partial charge in [-0.05, 0) is 0 Å². The Morgan fingerprint density at radius 3 is 2.18 bits per heavy atom. The Hall–Kier alpha value is -0.200. The van der Waals surface area contributed by atoms with E-state index in [9.17, 15) is 13.2 Å². The Morgan fingerprint density at radius 2 is 2.00 bits per heavy atom. The number of nitrogens with zero attached hydrogens (tertiary/aromatic N) is 1. The number of alkyl halides is 3. The third kappa shape index (κ3) is 2.72. The first-order chi connectivity index (χ1) is 4.50. The van der Waals surface area contributed by atoms with Crippen LogP contribution in [0.4, 0.5) is 19.0 Å². The molecule has 0 bridgehead atoms. The van der Waals surface area contributed by atoms with Crippen LogP contribution in [0.25, 0.3) is 0 Å². The second-order valence-electron chi connectivity index (χ2n) is 1.61. The van der Waals surface area contributed by atoms with Gasteiger partial charge in [-0.2, -0.15) is 13.2 Å². The van der Waals surface area contributed by atoms with E-state index in [0.717, 1.165) is 0 Å². The van der Waals surface area contributed by atoms with Gasteiger partial charge in [0.1, 0.15) is 0 Å². The molecular weight excluding hydrogens is 172 g/mol. The van der Waals surface area contributed by atoms with Gasteiger partial charge in [0.15, 0.2) is 5.82 Å². The molecule has 11 heavy (non-hydrogen) atoms. The van der Waals surface area contributed by atoms with E-state index in [1.54, 1.807) is 0 Å². The van der Waals surface area contributed by atoms with Crippen LogP contribution >= 0.6 is 0 Å². The second kappa shape index (κ2) is 3.46. The van der Waals surface area contributed by atoms with Crippen molar-refractivity contribution in [3.8, 4) is 0 Å². The standard InChI is InChI=1S/C4H3F3N2O.Na/c5-4(6,7)2-1-3(8)9-10-2;/h1H,(H2,8,9);. The van der Waals surface area contributed by atoms with Crippen molar-refractivity contribution >= 4 is 35.4 Å². The number of hydrogen-bond donors (Lipinski definition) is 1. The van der Waals surface area contributed by atoms with Crippen molar-refractivity contribution in [3.05, 3.63) is 11.8 Å². The van der Waals surface area contributed by atoms with Gasteiger partial charge in [0, 0.05) is 35.6 Å². The third-order valence-electron chi connectivity index (χ3n) is 0.808. The summed E-state index contributed by atoms with van der Waals surface area (Å²) in [6.45, 7) is 0. The molecule has 1 aromatic heterocycles. The van der Waals surface area contributed by atoms with Gasteiger partial charge >= 0.3 is 6.18 Å². The van der Waals surface area contributed by atoms with E-state index in [2.05, 4.69) is 9.68 Å². The number of nitrogen functional groups attached to an aromatic ring is 1. The molecule has 0 atom stereocenters. The van der Waals surface area contributed by atoms with Crippen LogP contribution in [-0.4, -0.2) is 34.7 Å². The summed E-state index contributed by atoms with van der Waals surface area (Å²) in [6, 6.07) is 0.625. The molecule has 7 heteroatoms. The van der Waals surface area contributed by atoms with Crippen molar-refractivity contribution in [1.82, 2.24) is 5.16 Å². The van der Waals surface area contributed by atoms with Gasteiger partial charge in [0.05, 0.1) is 0 Å². The minimum absolute atomic E-state index is 0. The van der Waals surface area contributed by atoms with E-state index in [-0.39, 0.29) is 35.4 Å². The molecule has 3 nitrogen and oxygen atoms in total. The van der Waals surface area contributed by atoms with Crippen molar-refractivity contribution in [3.63, 3.8) is 0 Å². The predicted octanol–water partition coefficient (Wildman–Crippen LogP) is 0.895. The van der Waals surface area contributed by atoms with E-state index < -0.39 is 11.9 Å². The van der Waals surface area contributed by atoms with Crippen LogP contribution in [0.1, 0.15) is 5.76 Å². The molecule has 1 aromatic rings. The van der Waals surface area contributed by atoms with E-state index in [1.807, 2.05) is 0 Å². The molecule has 0 aromatic carbocycles. The monoisotopic (exact) mass is 175 g/mol. The minimum Gasteiger partial charge on any atom is -0.381 e. The van der Waals surface area contributed by atoms with Crippen LogP contribution in [0.5, 0.6) is 0 Å². The normalized spacial score (nSPS) is 10.8. The summed E-state index contributed by atoms with van der Waals surface area (Å²) in [6.07, 6.45) is -4.50. The van der Waals surface area contributed by atoms with Crippen LogP contribution in [0.2, 0.25) is 0 Å². The molecule has 0 saturated heterocycles. The van der Waals surface area contributed by atoms with Crippen LogP contribution in [0, 0.1) is 0 Å². The fourth-order valence-corrected chi connectivity index (χ4v) is 0.422. The SMILES string of the molecule is Nc1cc(C(F)(F)F)on1.[Na]. The summed E-state index contributed by atoms with van der Waals surface area (Å²) in [5, 5.41) is 2.87. The molecular formula is C4H3F3N2NaO. The summed E-state index contributed by atoms with van der Waals surface area (Å²) in [7, 11) is 0. The zero-order valence-corrected chi connectivity index (χ0v) is 7.64. The Morgan fingerprint density at radius 1 is 1.45 bits per heavy atom. The summed E-state index contributed by atoms with van der Waals surface area (Å²) in [5.41, 5.74) is 4.87. The van der Waals surface area contributed by atoms with Crippen LogP contribution in [0.3, 0.4) is 0 Å². The summed E-state index contributed by atoms with van der Waals surface area (Å²) in [5.74, 6) is -1.45. The molecule has 0 saturated carbocycles. The summed E-state index contributed by atoms with van der Waals surface area (Å²) < 4.78 is 38.7. The Bertz CT molecular complexity index is 233. The van der Waals surface area contributed by atoms with E-state index in [0.29, 0.717) is 6.07 Å². The fraction of sp³-hybridized carbons (Fsp3) is 0.250. The number of anilines is 1. The molecule has 1 heterocycles.